The van der Waals surface area contributed by atoms with Crippen LogP contribution in [0.2, 0.25) is 0 Å². The van der Waals surface area contributed by atoms with E-state index in [1.165, 1.54) is 11.3 Å². The van der Waals surface area contributed by atoms with E-state index in [-0.39, 0.29) is 5.91 Å². The fourth-order valence-corrected chi connectivity index (χ4v) is 3.33. The van der Waals surface area contributed by atoms with E-state index in [1.54, 1.807) is 18.3 Å². The summed E-state index contributed by atoms with van der Waals surface area (Å²) in [6, 6.07) is 12.7. The van der Waals surface area contributed by atoms with E-state index in [1.807, 2.05) is 35.7 Å². The zero-order valence-corrected chi connectivity index (χ0v) is 13.8. The number of nitrogens with one attached hydrogen (secondary N) is 1. The molecule has 7 heteroatoms. The summed E-state index contributed by atoms with van der Waals surface area (Å²) in [6.45, 7) is 0. The lowest BCUT2D eigenvalue weighted by atomic mass is 9.98. The molecule has 1 N–H and O–H groups in total. The molecule has 1 atom stereocenters. The fraction of sp³-hybridized carbons (Fsp3) is 0.111. The molecule has 0 saturated carbocycles. The predicted octanol–water partition coefficient (Wildman–Crippen LogP) is 2.93. The van der Waals surface area contributed by atoms with Crippen molar-refractivity contribution in [3.05, 3.63) is 65.2 Å². The SMILES string of the molecule is O=C1O[C@H](C(=O)Nc2nc(-c3ccccn3)cs2)Cc2ccccc21. The highest BCUT2D eigenvalue weighted by molar-refractivity contribution is 7.14. The zero-order chi connectivity index (χ0) is 17.2. The number of nitrogens with zero attached hydrogens (tertiary/aromatic N) is 2. The molecule has 1 aromatic carbocycles. The molecule has 6 nitrogen and oxygen atoms in total. The average molecular weight is 351 g/mol. The first-order valence-electron chi connectivity index (χ1n) is 7.67. The maximum absolute atomic E-state index is 12.4. The maximum atomic E-state index is 12.4. The van der Waals surface area contributed by atoms with Crippen molar-refractivity contribution in [1.29, 1.82) is 0 Å². The molecular formula is C18H13N3O3S. The van der Waals surface area contributed by atoms with Crippen LogP contribution in [0.4, 0.5) is 5.13 Å². The number of aromatic nitrogens is 2. The molecule has 0 unspecified atom stereocenters. The van der Waals surface area contributed by atoms with Crippen molar-refractivity contribution in [2.45, 2.75) is 12.5 Å². The molecule has 0 spiro atoms. The molecule has 3 heterocycles. The van der Waals surface area contributed by atoms with Crippen LogP contribution in [0, 0.1) is 0 Å². The third-order valence-electron chi connectivity index (χ3n) is 3.85. The topological polar surface area (TPSA) is 81.2 Å². The van der Waals surface area contributed by atoms with Gasteiger partial charge in [-0.1, -0.05) is 24.3 Å². The van der Waals surface area contributed by atoms with Gasteiger partial charge in [0.15, 0.2) is 11.2 Å². The van der Waals surface area contributed by atoms with Gasteiger partial charge in [-0.15, -0.1) is 11.3 Å². The van der Waals surface area contributed by atoms with E-state index in [2.05, 4.69) is 15.3 Å². The Kier molecular flexibility index (Phi) is 3.99. The highest BCUT2D eigenvalue weighted by Gasteiger charge is 2.31. The standard InChI is InChI=1S/C18H13N3O3S/c22-16(15-9-11-5-1-2-6-12(11)17(23)24-15)21-18-20-14(10-25-18)13-7-3-4-8-19-13/h1-8,10,15H,9H2,(H,20,21,22)/t15-/m0/s1. The molecule has 0 fully saturated rings. The number of pyridine rings is 1. The molecular weight excluding hydrogens is 338 g/mol. The molecule has 2 aromatic heterocycles. The van der Waals surface area contributed by atoms with Crippen LogP contribution in [-0.4, -0.2) is 27.9 Å². The van der Waals surface area contributed by atoms with Crippen LogP contribution in [0.25, 0.3) is 11.4 Å². The van der Waals surface area contributed by atoms with E-state index in [4.69, 9.17) is 4.74 Å². The minimum atomic E-state index is -0.857. The number of benzene rings is 1. The third-order valence-corrected chi connectivity index (χ3v) is 4.60. The number of carbonyl (C=O) groups is 2. The highest BCUT2D eigenvalue weighted by Crippen LogP contribution is 2.25. The van der Waals surface area contributed by atoms with Crippen molar-refractivity contribution >= 4 is 28.3 Å². The second-order valence-corrected chi connectivity index (χ2v) is 6.36. The summed E-state index contributed by atoms with van der Waals surface area (Å²) in [7, 11) is 0. The van der Waals surface area contributed by atoms with Gasteiger partial charge in [-0.25, -0.2) is 9.78 Å². The van der Waals surface area contributed by atoms with E-state index in [0.29, 0.717) is 22.8 Å². The smallest absolute Gasteiger partial charge is 0.339 e. The van der Waals surface area contributed by atoms with Gasteiger partial charge in [-0.2, -0.15) is 0 Å². The Morgan fingerprint density at radius 3 is 2.84 bits per heavy atom. The molecule has 1 amide bonds. The van der Waals surface area contributed by atoms with Crippen LogP contribution in [-0.2, 0) is 16.0 Å². The number of hydrogen-bond donors (Lipinski definition) is 1. The van der Waals surface area contributed by atoms with Crippen LogP contribution < -0.4 is 5.32 Å². The van der Waals surface area contributed by atoms with E-state index < -0.39 is 12.1 Å². The van der Waals surface area contributed by atoms with Crippen LogP contribution >= 0.6 is 11.3 Å². The minimum absolute atomic E-state index is 0.353. The van der Waals surface area contributed by atoms with E-state index >= 15 is 0 Å². The second kappa shape index (κ2) is 6.45. The molecule has 25 heavy (non-hydrogen) atoms. The molecule has 0 saturated heterocycles. The molecule has 0 radical (unpaired) electrons. The Morgan fingerprint density at radius 1 is 1.16 bits per heavy atom. The van der Waals surface area contributed by atoms with Crippen LogP contribution in [0.5, 0.6) is 0 Å². The molecule has 0 aliphatic carbocycles. The molecule has 1 aliphatic heterocycles. The lowest BCUT2D eigenvalue weighted by molar-refractivity contribution is -0.125. The van der Waals surface area contributed by atoms with Crippen molar-refractivity contribution in [1.82, 2.24) is 9.97 Å². The highest BCUT2D eigenvalue weighted by atomic mass is 32.1. The Balaban J connectivity index is 1.48. The number of ether oxygens (including phenoxy) is 1. The Bertz CT molecular complexity index is 940. The normalized spacial score (nSPS) is 16.0. The minimum Gasteiger partial charge on any atom is -0.448 e. The lowest BCUT2D eigenvalue weighted by Gasteiger charge is -2.23. The number of thiazole rings is 1. The summed E-state index contributed by atoms with van der Waals surface area (Å²) in [5.41, 5.74) is 2.75. The number of anilines is 1. The summed E-state index contributed by atoms with van der Waals surface area (Å²) < 4.78 is 5.25. The number of esters is 1. The van der Waals surface area contributed by atoms with Gasteiger partial charge >= 0.3 is 5.97 Å². The van der Waals surface area contributed by atoms with Gasteiger partial charge < -0.3 is 4.74 Å². The first kappa shape index (κ1) is 15.5. The fourth-order valence-electron chi connectivity index (χ4n) is 2.63. The first-order valence-corrected chi connectivity index (χ1v) is 8.55. The van der Waals surface area contributed by atoms with Crippen LogP contribution in [0.15, 0.2) is 54.0 Å². The summed E-state index contributed by atoms with van der Waals surface area (Å²) in [4.78, 5) is 33.0. The van der Waals surface area contributed by atoms with Crippen LogP contribution in [0.1, 0.15) is 15.9 Å². The van der Waals surface area contributed by atoms with Gasteiger partial charge in [0.2, 0.25) is 0 Å². The van der Waals surface area contributed by atoms with Crippen molar-refractivity contribution < 1.29 is 14.3 Å². The second-order valence-electron chi connectivity index (χ2n) is 5.50. The zero-order valence-electron chi connectivity index (χ0n) is 13.0. The Labute approximate surface area is 147 Å². The predicted molar refractivity (Wildman–Crippen MR) is 93.3 cm³/mol. The van der Waals surface area contributed by atoms with Crippen molar-refractivity contribution in [2.75, 3.05) is 5.32 Å². The maximum Gasteiger partial charge on any atom is 0.339 e. The first-order chi connectivity index (χ1) is 12.2. The Morgan fingerprint density at radius 2 is 2.00 bits per heavy atom. The summed E-state index contributed by atoms with van der Waals surface area (Å²) in [5, 5.41) is 4.98. The van der Waals surface area contributed by atoms with Crippen molar-refractivity contribution in [3.63, 3.8) is 0 Å². The number of cyclic esters (lactones) is 1. The van der Waals surface area contributed by atoms with Gasteiger partial charge in [-0.3, -0.25) is 15.1 Å². The van der Waals surface area contributed by atoms with Gasteiger partial charge in [0.1, 0.15) is 5.69 Å². The number of amides is 1. The third kappa shape index (κ3) is 3.14. The monoisotopic (exact) mass is 351 g/mol. The molecule has 3 aromatic rings. The number of rotatable bonds is 3. The number of carbonyl (C=O) groups excluding carboxylic acids is 2. The Hall–Kier alpha value is -3.06. The summed E-state index contributed by atoms with van der Waals surface area (Å²) in [5.74, 6) is -0.861. The quantitative estimate of drug-likeness (QED) is 0.734. The molecule has 0 bridgehead atoms. The molecule has 4 rings (SSSR count). The number of hydrogen-bond acceptors (Lipinski definition) is 6. The molecule has 1 aliphatic rings. The van der Waals surface area contributed by atoms with Gasteiger partial charge in [0, 0.05) is 18.0 Å². The summed E-state index contributed by atoms with van der Waals surface area (Å²) >= 11 is 1.30. The average Bonchev–Trinajstić information content (AvgIpc) is 3.11. The van der Waals surface area contributed by atoms with Crippen molar-refractivity contribution in [3.8, 4) is 11.4 Å². The van der Waals surface area contributed by atoms with E-state index in [0.717, 1.165) is 11.3 Å². The van der Waals surface area contributed by atoms with Gasteiger partial charge in [0.05, 0.1) is 11.3 Å². The van der Waals surface area contributed by atoms with Crippen molar-refractivity contribution in [2.24, 2.45) is 0 Å². The van der Waals surface area contributed by atoms with Gasteiger partial charge in [-0.05, 0) is 23.8 Å². The summed E-state index contributed by atoms with van der Waals surface area (Å²) in [6.07, 6.45) is 1.18. The van der Waals surface area contributed by atoms with Gasteiger partial charge in [0.25, 0.3) is 5.91 Å². The largest absolute Gasteiger partial charge is 0.448 e. The number of fused-ring (bicyclic) bond motifs is 1. The lowest BCUT2D eigenvalue weighted by Crippen LogP contribution is -2.37. The van der Waals surface area contributed by atoms with Crippen LogP contribution in [0.3, 0.4) is 0 Å². The molecule has 124 valence electrons. The van der Waals surface area contributed by atoms with E-state index in [9.17, 15) is 9.59 Å².